The predicted octanol–water partition coefficient (Wildman–Crippen LogP) is -0.0903. The number of aryl methyl sites for hydroxylation is 1. The first kappa shape index (κ1) is 10.8. The number of nitrogens with zero attached hydrogens (tertiary/aromatic N) is 1. The molecule has 0 aromatic carbocycles. The number of amides is 1. The van der Waals surface area contributed by atoms with E-state index in [1.54, 1.807) is 0 Å². The van der Waals surface area contributed by atoms with Crippen LogP contribution in [0.5, 0.6) is 0 Å². The molecule has 1 amide bonds. The van der Waals surface area contributed by atoms with Gasteiger partial charge in [-0.15, -0.1) is 0 Å². The third kappa shape index (κ3) is 3.21. The van der Waals surface area contributed by atoms with Crippen LogP contribution < -0.4 is 11.3 Å². The number of carbonyl (C=O) groups excluding carboxylic acids is 1. The minimum Gasteiger partial charge on any atom is -0.369 e. The topological polar surface area (TPSA) is 88.8 Å². The van der Waals surface area contributed by atoms with Gasteiger partial charge in [-0.05, 0) is 6.42 Å². The van der Waals surface area contributed by atoms with Crippen LogP contribution in [0.2, 0.25) is 0 Å². The first-order valence-corrected chi connectivity index (χ1v) is 5.11. The summed E-state index contributed by atoms with van der Waals surface area (Å²) in [6.45, 7) is 1.91. The molecule has 1 heterocycles. The Labute approximate surface area is 85.1 Å². The first-order valence-electron chi connectivity index (χ1n) is 4.13. The lowest BCUT2D eigenvalue weighted by molar-refractivity contribution is -0.115. The van der Waals surface area contributed by atoms with Gasteiger partial charge < -0.3 is 10.7 Å². The fourth-order valence-electron chi connectivity index (χ4n) is 0.872. The molecule has 14 heavy (non-hydrogen) atoms. The molecular weight excluding hydrogens is 202 g/mol. The van der Waals surface area contributed by atoms with E-state index in [0.29, 0.717) is 17.3 Å². The van der Waals surface area contributed by atoms with Crippen LogP contribution >= 0.6 is 11.8 Å². The van der Waals surface area contributed by atoms with Crippen molar-refractivity contribution in [2.75, 3.05) is 5.75 Å². The van der Waals surface area contributed by atoms with E-state index >= 15 is 0 Å². The van der Waals surface area contributed by atoms with Crippen molar-refractivity contribution >= 4 is 17.7 Å². The minimum atomic E-state index is -0.431. The SMILES string of the molecule is CCc1cc(=O)[nH]c(SCC(N)=O)n1. The number of primary amides is 1. The lowest BCUT2D eigenvalue weighted by Gasteiger charge is -2.00. The zero-order valence-corrected chi connectivity index (χ0v) is 8.56. The summed E-state index contributed by atoms with van der Waals surface area (Å²) in [6, 6.07) is 1.44. The number of nitrogens with one attached hydrogen (secondary N) is 1. The van der Waals surface area contributed by atoms with Gasteiger partial charge in [0.25, 0.3) is 5.56 Å². The molecule has 3 N–H and O–H groups in total. The van der Waals surface area contributed by atoms with Crippen LogP contribution in [0, 0.1) is 0 Å². The van der Waals surface area contributed by atoms with Gasteiger partial charge in [0.05, 0.1) is 5.75 Å². The molecule has 0 saturated heterocycles. The zero-order chi connectivity index (χ0) is 10.6. The average Bonchev–Trinajstić information content (AvgIpc) is 2.14. The number of nitrogens with two attached hydrogens (primary N) is 1. The van der Waals surface area contributed by atoms with E-state index in [2.05, 4.69) is 9.97 Å². The Morgan fingerprint density at radius 3 is 3.00 bits per heavy atom. The predicted molar refractivity (Wildman–Crippen MR) is 54.2 cm³/mol. The van der Waals surface area contributed by atoms with Crippen LogP contribution in [-0.2, 0) is 11.2 Å². The highest BCUT2D eigenvalue weighted by Gasteiger charge is 2.02. The van der Waals surface area contributed by atoms with Crippen LogP contribution in [0.1, 0.15) is 12.6 Å². The van der Waals surface area contributed by atoms with Gasteiger partial charge in [0.1, 0.15) is 0 Å². The summed E-state index contributed by atoms with van der Waals surface area (Å²) in [5.74, 6) is -0.310. The molecular formula is C8H11N3O2S. The molecule has 1 aromatic rings. The second-order valence-electron chi connectivity index (χ2n) is 2.65. The number of rotatable bonds is 4. The lowest BCUT2D eigenvalue weighted by atomic mass is 10.3. The molecule has 5 nitrogen and oxygen atoms in total. The van der Waals surface area contributed by atoms with Gasteiger partial charge in [0, 0.05) is 11.8 Å². The fraction of sp³-hybridized carbons (Fsp3) is 0.375. The van der Waals surface area contributed by atoms with Gasteiger partial charge in [-0.3, -0.25) is 9.59 Å². The molecule has 0 aliphatic heterocycles. The smallest absolute Gasteiger partial charge is 0.251 e. The molecule has 0 fully saturated rings. The minimum absolute atomic E-state index is 0.121. The van der Waals surface area contributed by atoms with Crippen LogP contribution in [0.15, 0.2) is 16.0 Å². The molecule has 0 unspecified atom stereocenters. The molecule has 0 bridgehead atoms. The number of thioether (sulfide) groups is 1. The van der Waals surface area contributed by atoms with Crippen LogP contribution in [-0.4, -0.2) is 21.6 Å². The number of hydrogen-bond acceptors (Lipinski definition) is 4. The summed E-state index contributed by atoms with van der Waals surface area (Å²) >= 11 is 1.13. The van der Waals surface area contributed by atoms with Crippen molar-refractivity contribution in [3.8, 4) is 0 Å². The van der Waals surface area contributed by atoms with Gasteiger partial charge in [0.15, 0.2) is 5.16 Å². The molecule has 1 rings (SSSR count). The van der Waals surface area contributed by atoms with Crippen molar-refractivity contribution in [2.24, 2.45) is 5.73 Å². The Morgan fingerprint density at radius 1 is 1.71 bits per heavy atom. The summed E-state index contributed by atoms with van der Waals surface area (Å²) in [5.41, 5.74) is 5.47. The summed E-state index contributed by atoms with van der Waals surface area (Å²) in [7, 11) is 0. The molecule has 1 aromatic heterocycles. The van der Waals surface area contributed by atoms with Crippen LogP contribution in [0.4, 0.5) is 0 Å². The third-order valence-electron chi connectivity index (χ3n) is 1.49. The summed E-state index contributed by atoms with van der Waals surface area (Å²) < 4.78 is 0. The van der Waals surface area contributed by atoms with Crippen LogP contribution in [0.25, 0.3) is 0 Å². The Kier molecular flexibility index (Phi) is 3.70. The van der Waals surface area contributed by atoms with E-state index in [4.69, 9.17) is 5.73 Å². The summed E-state index contributed by atoms with van der Waals surface area (Å²) in [5, 5.41) is 0.438. The monoisotopic (exact) mass is 213 g/mol. The maximum atomic E-state index is 11.1. The van der Waals surface area contributed by atoms with Gasteiger partial charge >= 0.3 is 0 Å². The molecule has 76 valence electrons. The molecule has 0 spiro atoms. The normalized spacial score (nSPS) is 10.1. The van der Waals surface area contributed by atoms with Crippen molar-refractivity contribution in [1.29, 1.82) is 0 Å². The van der Waals surface area contributed by atoms with Gasteiger partial charge in [-0.1, -0.05) is 18.7 Å². The van der Waals surface area contributed by atoms with Crippen molar-refractivity contribution < 1.29 is 4.79 Å². The van der Waals surface area contributed by atoms with E-state index in [1.165, 1.54) is 6.07 Å². The number of H-pyrrole nitrogens is 1. The van der Waals surface area contributed by atoms with E-state index in [0.717, 1.165) is 11.8 Å². The number of aromatic nitrogens is 2. The highest BCUT2D eigenvalue weighted by atomic mass is 32.2. The summed E-state index contributed by atoms with van der Waals surface area (Å²) in [6.07, 6.45) is 0.689. The number of aromatic amines is 1. The molecule has 0 radical (unpaired) electrons. The van der Waals surface area contributed by atoms with E-state index in [-0.39, 0.29) is 11.3 Å². The van der Waals surface area contributed by atoms with Crippen molar-refractivity contribution in [3.05, 3.63) is 22.1 Å². The van der Waals surface area contributed by atoms with Gasteiger partial charge in [-0.25, -0.2) is 4.98 Å². The third-order valence-corrected chi connectivity index (χ3v) is 2.38. The molecule has 0 saturated carbocycles. The van der Waals surface area contributed by atoms with Crippen molar-refractivity contribution in [1.82, 2.24) is 9.97 Å². The van der Waals surface area contributed by atoms with Crippen LogP contribution in [0.3, 0.4) is 0 Å². The lowest BCUT2D eigenvalue weighted by Crippen LogP contribution is -2.15. The zero-order valence-electron chi connectivity index (χ0n) is 7.74. The van der Waals surface area contributed by atoms with Crippen molar-refractivity contribution in [3.63, 3.8) is 0 Å². The Balaban J connectivity index is 2.81. The average molecular weight is 213 g/mol. The fourth-order valence-corrected chi connectivity index (χ4v) is 1.51. The highest BCUT2D eigenvalue weighted by Crippen LogP contribution is 2.10. The Bertz CT molecular complexity index is 388. The molecule has 0 aliphatic rings. The highest BCUT2D eigenvalue weighted by molar-refractivity contribution is 7.99. The largest absolute Gasteiger partial charge is 0.369 e. The molecule has 0 aliphatic carbocycles. The quantitative estimate of drug-likeness (QED) is 0.540. The van der Waals surface area contributed by atoms with E-state index in [9.17, 15) is 9.59 Å². The molecule has 0 atom stereocenters. The second kappa shape index (κ2) is 4.80. The second-order valence-corrected chi connectivity index (χ2v) is 3.61. The van der Waals surface area contributed by atoms with E-state index < -0.39 is 5.91 Å². The Morgan fingerprint density at radius 2 is 2.43 bits per heavy atom. The van der Waals surface area contributed by atoms with E-state index in [1.807, 2.05) is 6.92 Å². The maximum absolute atomic E-state index is 11.1. The first-order chi connectivity index (χ1) is 6.61. The number of carbonyl (C=O) groups is 1. The Hall–Kier alpha value is -1.30. The summed E-state index contributed by atoms with van der Waals surface area (Å²) in [4.78, 5) is 28.2. The molecule has 6 heteroatoms. The van der Waals surface area contributed by atoms with Gasteiger partial charge in [-0.2, -0.15) is 0 Å². The van der Waals surface area contributed by atoms with Gasteiger partial charge in [0.2, 0.25) is 5.91 Å². The van der Waals surface area contributed by atoms with Crippen molar-refractivity contribution in [2.45, 2.75) is 18.5 Å². The standard InChI is InChI=1S/C8H11N3O2S/c1-2-5-3-7(13)11-8(10-5)14-4-6(9)12/h3H,2,4H2,1H3,(H2,9,12)(H,10,11,13). The number of hydrogen-bond donors (Lipinski definition) is 2. The maximum Gasteiger partial charge on any atom is 0.251 e.